The van der Waals surface area contributed by atoms with Crippen molar-refractivity contribution in [3.63, 3.8) is 0 Å². The van der Waals surface area contributed by atoms with Gasteiger partial charge in [0.15, 0.2) is 0 Å². The topological polar surface area (TPSA) is 9.23 Å². The number of ether oxygens (including phenoxy) is 1. The number of halogens is 1. The summed E-state index contributed by atoms with van der Waals surface area (Å²) in [5.41, 5.74) is 2.01. The van der Waals surface area contributed by atoms with Gasteiger partial charge in [-0.3, -0.25) is 0 Å². The lowest BCUT2D eigenvalue weighted by atomic mass is 10.0. The van der Waals surface area contributed by atoms with Gasteiger partial charge in [-0.25, -0.2) is 4.39 Å². The summed E-state index contributed by atoms with van der Waals surface area (Å²) in [5.74, 6) is 1.34. The van der Waals surface area contributed by atoms with E-state index in [-0.39, 0.29) is 5.82 Å². The first-order valence-corrected chi connectivity index (χ1v) is 4.79. The van der Waals surface area contributed by atoms with Crippen LogP contribution in [0.3, 0.4) is 0 Å². The van der Waals surface area contributed by atoms with Gasteiger partial charge in [0.25, 0.3) is 0 Å². The molecule has 1 nitrogen and oxygen atoms in total. The summed E-state index contributed by atoms with van der Waals surface area (Å²) in [6.45, 7) is 1.99. The number of benzene rings is 1. The van der Waals surface area contributed by atoms with E-state index in [0.29, 0.717) is 12.0 Å². The van der Waals surface area contributed by atoms with Crippen LogP contribution in [0.5, 0.6) is 5.75 Å². The second-order valence-corrected chi connectivity index (χ2v) is 3.79. The van der Waals surface area contributed by atoms with Crippen LogP contribution in [0, 0.1) is 5.82 Å². The molecule has 0 saturated heterocycles. The molecule has 2 aliphatic rings. The second kappa shape index (κ2) is 2.25. The highest BCUT2D eigenvalue weighted by Gasteiger charge is 2.49. The zero-order valence-electron chi connectivity index (χ0n) is 7.51. The van der Waals surface area contributed by atoms with Crippen LogP contribution in [-0.2, 0) is 6.42 Å². The lowest BCUT2D eigenvalue weighted by molar-refractivity contribution is 0.318. The molecule has 2 heteroatoms. The van der Waals surface area contributed by atoms with Crippen LogP contribution in [0.1, 0.15) is 30.4 Å². The molecule has 0 aromatic heterocycles. The minimum absolute atomic E-state index is 0.0719. The largest absolute Gasteiger partial charge is 0.489 e. The molecule has 1 saturated carbocycles. The zero-order valence-corrected chi connectivity index (χ0v) is 7.51. The third-order valence-electron chi connectivity index (χ3n) is 2.99. The van der Waals surface area contributed by atoms with Crippen molar-refractivity contribution >= 4 is 0 Å². The lowest BCUT2D eigenvalue weighted by Crippen LogP contribution is -1.95. The molecule has 13 heavy (non-hydrogen) atoms. The van der Waals surface area contributed by atoms with E-state index in [1.807, 2.05) is 6.92 Å². The SMILES string of the molecule is CCc1c(F)ccc2c1[C@H]1CC1O2. The van der Waals surface area contributed by atoms with Gasteiger partial charge in [-0.05, 0) is 30.5 Å². The van der Waals surface area contributed by atoms with Crippen molar-refractivity contribution in [3.05, 3.63) is 29.1 Å². The first kappa shape index (κ1) is 7.36. The Labute approximate surface area is 76.5 Å². The van der Waals surface area contributed by atoms with Crippen molar-refractivity contribution in [2.45, 2.75) is 31.8 Å². The van der Waals surface area contributed by atoms with E-state index in [9.17, 15) is 4.39 Å². The lowest BCUT2D eigenvalue weighted by Gasteiger charge is -2.08. The number of hydrogen-bond acceptors (Lipinski definition) is 1. The highest BCUT2D eigenvalue weighted by Crippen LogP contribution is 2.55. The zero-order chi connectivity index (χ0) is 9.00. The fourth-order valence-electron chi connectivity index (χ4n) is 2.25. The summed E-state index contributed by atoms with van der Waals surface area (Å²) in [7, 11) is 0. The van der Waals surface area contributed by atoms with E-state index in [1.165, 1.54) is 6.07 Å². The van der Waals surface area contributed by atoms with Gasteiger partial charge in [-0.2, -0.15) is 0 Å². The van der Waals surface area contributed by atoms with Gasteiger partial charge in [-0.15, -0.1) is 0 Å². The molecule has 0 N–H and O–H groups in total. The Hall–Kier alpha value is -1.05. The van der Waals surface area contributed by atoms with E-state index < -0.39 is 0 Å². The van der Waals surface area contributed by atoms with Crippen molar-refractivity contribution in [1.29, 1.82) is 0 Å². The van der Waals surface area contributed by atoms with Crippen LogP contribution in [-0.4, -0.2) is 6.10 Å². The molecule has 0 radical (unpaired) electrons. The molecule has 1 aliphatic heterocycles. The summed E-state index contributed by atoms with van der Waals surface area (Å²) in [6, 6.07) is 3.28. The minimum atomic E-state index is -0.0719. The van der Waals surface area contributed by atoms with Gasteiger partial charge in [0, 0.05) is 11.5 Å². The fraction of sp³-hybridized carbons (Fsp3) is 0.455. The molecule has 0 spiro atoms. The highest BCUT2D eigenvalue weighted by atomic mass is 19.1. The monoisotopic (exact) mass is 178 g/mol. The average Bonchev–Trinajstić information content (AvgIpc) is 2.80. The maximum Gasteiger partial charge on any atom is 0.126 e. The molecule has 0 bridgehead atoms. The summed E-state index contributed by atoms with van der Waals surface area (Å²) in [6.07, 6.45) is 2.22. The Morgan fingerprint density at radius 2 is 2.38 bits per heavy atom. The smallest absolute Gasteiger partial charge is 0.126 e. The molecular formula is C11H11FO. The van der Waals surface area contributed by atoms with Gasteiger partial charge in [0.1, 0.15) is 17.7 Å². The molecule has 3 rings (SSSR count). The average molecular weight is 178 g/mol. The normalized spacial score (nSPS) is 27.8. The summed E-state index contributed by atoms with van der Waals surface area (Å²) < 4.78 is 19.0. The predicted octanol–water partition coefficient (Wildman–Crippen LogP) is 2.64. The van der Waals surface area contributed by atoms with Crippen LogP contribution in [0.15, 0.2) is 12.1 Å². The number of hydrogen-bond donors (Lipinski definition) is 0. The van der Waals surface area contributed by atoms with Crippen molar-refractivity contribution < 1.29 is 9.13 Å². The maximum atomic E-state index is 13.4. The Morgan fingerprint density at radius 1 is 1.54 bits per heavy atom. The molecule has 2 atom stereocenters. The molecule has 68 valence electrons. The second-order valence-electron chi connectivity index (χ2n) is 3.79. The van der Waals surface area contributed by atoms with E-state index in [1.54, 1.807) is 6.07 Å². The van der Waals surface area contributed by atoms with E-state index in [4.69, 9.17) is 4.74 Å². The number of rotatable bonds is 1. The fourth-order valence-corrected chi connectivity index (χ4v) is 2.25. The van der Waals surface area contributed by atoms with Crippen molar-refractivity contribution in [2.75, 3.05) is 0 Å². The first-order valence-electron chi connectivity index (χ1n) is 4.79. The van der Waals surface area contributed by atoms with Crippen LogP contribution in [0.4, 0.5) is 4.39 Å². The van der Waals surface area contributed by atoms with E-state index in [0.717, 1.165) is 29.7 Å². The molecule has 1 aromatic rings. The van der Waals surface area contributed by atoms with Crippen molar-refractivity contribution in [1.82, 2.24) is 0 Å². The van der Waals surface area contributed by atoms with Gasteiger partial charge < -0.3 is 4.74 Å². The molecular weight excluding hydrogens is 167 g/mol. The maximum absolute atomic E-state index is 13.4. The third kappa shape index (κ3) is 0.859. The van der Waals surface area contributed by atoms with Crippen molar-refractivity contribution in [2.24, 2.45) is 0 Å². The first-order chi connectivity index (χ1) is 6.31. The molecule has 1 aromatic carbocycles. The number of fused-ring (bicyclic) bond motifs is 3. The van der Waals surface area contributed by atoms with Crippen LogP contribution < -0.4 is 4.74 Å². The minimum Gasteiger partial charge on any atom is -0.489 e. The summed E-state index contributed by atoms with van der Waals surface area (Å²) in [5, 5.41) is 0. The van der Waals surface area contributed by atoms with Gasteiger partial charge in [0.2, 0.25) is 0 Å². The van der Waals surface area contributed by atoms with Gasteiger partial charge in [0.05, 0.1) is 0 Å². The van der Waals surface area contributed by atoms with Crippen LogP contribution >= 0.6 is 0 Å². The van der Waals surface area contributed by atoms with Crippen LogP contribution in [0.25, 0.3) is 0 Å². The van der Waals surface area contributed by atoms with E-state index in [2.05, 4.69) is 0 Å². The van der Waals surface area contributed by atoms with Crippen LogP contribution in [0.2, 0.25) is 0 Å². The highest BCUT2D eigenvalue weighted by molar-refractivity contribution is 5.51. The summed E-state index contributed by atoms with van der Waals surface area (Å²) >= 11 is 0. The van der Waals surface area contributed by atoms with E-state index >= 15 is 0 Å². The third-order valence-corrected chi connectivity index (χ3v) is 2.99. The standard InChI is InChI=1S/C11H11FO/c1-2-6-8(12)3-4-9-11(6)7-5-10(7)13-9/h3-4,7,10H,2,5H2,1H3/t7-,10?/m0/s1. The Bertz CT molecular complexity index is 373. The Balaban J connectivity index is 2.21. The molecule has 1 heterocycles. The predicted molar refractivity (Wildman–Crippen MR) is 47.6 cm³/mol. The molecule has 1 fully saturated rings. The van der Waals surface area contributed by atoms with Crippen molar-refractivity contribution in [3.8, 4) is 5.75 Å². The molecule has 0 amide bonds. The Kier molecular flexibility index (Phi) is 1.27. The van der Waals surface area contributed by atoms with Gasteiger partial charge in [-0.1, -0.05) is 6.92 Å². The quantitative estimate of drug-likeness (QED) is 0.642. The summed E-state index contributed by atoms with van der Waals surface area (Å²) in [4.78, 5) is 0. The van der Waals surface area contributed by atoms with Gasteiger partial charge >= 0.3 is 0 Å². The Morgan fingerprint density at radius 3 is 3.15 bits per heavy atom. The molecule has 1 aliphatic carbocycles. The molecule has 1 unspecified atom stereocenters.